The van der Waals surface area contributed by atoms with Crippen molar-refractivity contribution in [1.29, 1.82) is 0 Å². The van der Waals surface area contributed by atoms with Gasteiger partial charge in [0, 0.05) is 0 Å². The van der Waals surface area contributed by atoms with Crippen molar-refractivity contribution in [3.63, 3.8) is 0 Å². The number of aliphatic hydroxyl groups excluding tert-OH is 1. The number of rotatable bonds is 4. The number of nitrogens with one attached hydrogen (secondary N) is 1. The highest BCUT2D eigenvalue weighted by Gasteiger charge is 2.39. The minimum atomic E-state index is -1.87. The number of hydrogen-bond acceptors (Lipinski definition) is 5. The number of carbonyl (C=O) groups is 1. The summed E-state index contributed by atoms with van der Waals surface area (Å²) < 4.78 is 17.1. The van der Waals surface area contributed by atoms with Crippen LogP contribution in [0.15, 0.2) is 0 Å². The van der Waals surface area contributed by atoms with Crippen LogP contribution in [-0.2, 0) is 13.9 Å². The predicted molar refractivity (Wildman–Crippen MR) is 96.7 cm³/mol. The van der Waals surface area contributed by atoms with Gasteiger partial charge in [0.1, 0.15) is 11.7 Å². The van der Waals surface area contributed by atoms with E-state index in [2.05, 4.69) is 39.2 Å². The van der Waals surface area contributed by atoms with Gasteiger partial charge < -0.3 is 24.3 Å². The molecule has 7 heteroatoms. The molecule has 0 saturated carbocycles. The standard InChI is InChI=1S/C17H35NO5Si/c1-16(2,3)23-15(20)18-12-9-13(19)14(21-10-12)11-22-24(7,8)17(4,5)6/h12-14,19H,9-11H2,1-8H3,(H,18,20)/t12-,13?,14-/m1/s1. The molecular formula is C17H35NO5Si. The van der Waals surface area contributed by atoms with Crippen LogP contribution in [0.5, 0.6) is 0 Å². The van der Waals surface area contributed by atoms with E-state index in [0.29, 0.717) is 19.6 Å². The first-order chi connectivity index (χ1) is 10.7. The molecule has 1 aliphatic rings. The molecule has 1 unspecified atom stereocenters. The molecule has 2 N–H and O–H groups in total. The van der Waals surface area contributed by atoms with Crippen LogP contribution in [0.1, 0.15) is 48.0 Å². The van der Waals surface area contributed by atoms with Crippen LogP contribution >= 0.6 is 0 Å². The van der Waals surface area contributed by atoms with E-state index < -0.39 is 26.1 Å². The van der Waals surface area contributed by atoms with Crippen molar-refractivity contribution in [1.82, 2.24) is 5.32 Å². The second kappa shape index (κ2) is 7.72. The monoisotopic (exact) mass is 361 g/mol. The summed E-state index contributed by atoms with van der Waals surface area (Å²) in [6.07, 6.45) is -1.07. The van der Waals surface area contributed by atoms with E-state index in [1.54, 1.807) is 0 Å². The second-order valence-electron chi connectivity index (χ2n) is 9.09. The summed E-state index contributed by atoms with van der Waals surface area (Å²) in [6, 6.07) is -0.251. The summed E-state index contributed by atoms with van der Waals surface area (Å²) in [5.74, 6) is 0. The number of alkyl carbamates (subject to hydrolysis) is 1. The van der Waals surface area contributed by atoms with Gasteiger partial charge in [-0.3, -0.25) is 0 Å². The Hall–Kier alpha value is -0.633. The maximum absolute atomic E-state index is 11.8. The molecule has 1 aliphatic heterocycles. The zero-order chi connectivity index (χ0) is 18.8. The Balaban J connectivity index is 2.45. The molecule has 1 amide bonds. The van der Waals surface area contributed by atoms with Gasteiger partial charge in [-0.25, -0.2) is 4.79 Å². The molecule has 3 atom stereocenters. The normalized spacial score (nSPS) is 26.1. The van der Waals surface area contributed by atoms with Crippen molar-refractivity contribution in [3.05, 3.63) is 0 Å². The van der Waals surface area contributed by atoms with E-state index >= 15 is 0 Å². The van der Waals surface area contributed by atoms with Crippen molar-refractivity contribution in [2.75, 3.05) is 13.2 Å². The third kappa shape index (κ3) is 6.70. The highest BCUT2D eigenvalue weighted by Crippen LogP contribution is 2.36. The van der Waals surface area contributed by atoms with E-state index in [4.69, 9.17) is 13.9 Å². The number of ether oxygens (including phenoxy) is 2. The van der Waals surface area contributed by atoms with E-state index in [9.17, 15) is 9.90 Å². The van der Waals surface area contributed by atoms with E-state index in [1.165, 1.54) is 0 Å². The first-order valence-electron chi connectivity index (χ1n) is 8.64. The lowest BCUT2D eigenvalue weighted by Gasteiger charge is -2.39. The van der Waals surface area contributed by atoms with Crippen LogP contribution in [0.3, 0.4) is 0 Å². The molecule has 0 aromatic carbocycles. The Bertz CT molecular complexity index is 428. The highest BCUT2D eigenvalue weighted by molar-refractivity contribution is 6.74. The average Bonchev–Trinajstić information content (AvgIpc) is 2.33. The molecule has 24 heavy (non-hydrogen) atoms. The Morgan fingerprint density at radius 3 is 2.29 bits per heavy atom. The lowest BCUT2D eigenvalue weighted by atomic mass is 10.0. The lowest BCUT2D eigenvalue weighted by molar-refractivity contribution is -0.103. The number of hydrogen-bond donors (Lipinski definition) is 2. The maximum Gasteiger partial charge on any atom is 0.407 e. The van der Waals surface area contributed by atoms with Crippen molar-refractivity contribution < 1.29 is 23.8 Å². The summed E-state index contributed by atoms with van der Waals surface area (Å²) in [5.41, 5.74) is -0.544. The molecule has 0 aromatic rings. The van der Waals surface area contributed by atoms with Crippen molar-refractivity contribution in [3.8, 4) is 0 Å². The molecule has 1 fully saturated rings. The number of aliphatic hydroxyl groups is 1. The van der Waals surface area contributed by atoms with Crippen molar-refractivity contribution in [2.45, 2.75) is 89.9 Å². The fourth-order valence-corrected chi connectivity index (χ4v) is 3.12. The maximum atomic E-state index is 11.8. The largest absolute Gasteiger partial charge is 0.444 e. The molecule has 1 saturated heterocycles. The molecule has 0 radical (unpaired) electrons. The summed E-state index contributed by atoms with van der Waals surface area (Å²) >= 11 is 0. The van der Waals surface area contributed by atoms with E-state index in [-0.39, 0.29) is 17.2 Å². The first-order valence-corrected chi connectivity index (χ1v) is 11.6. The van der Waals surface area contributed by atoms with Gasteiger partial charge >= 0.3 is 6.09 Å². The zero-order valence-electron chi connectivity index (χ0n) is 16.4. The fraction of sp³-hybridized carbons (Fsp3) is 0.941. The SMILES string of the molecule is CC(C)(C)OC(=O)N[C@H]1CO[C@H](CO[Si](C)(C)C(C)(C)C)C(O)C1. The lowest BCUT2D eigenvalue weighted by Crippen LogP contribution is -2.52. The fourth-order valence-electron chi connectivity index (χ4n) is 2.10. The summed E-state index contributed by atoms with van der Waals surface area (Å²) in [4.78, 5) is 11.8. The van der Waals surface area contributed by atoms with Crippen LogP contribution in [0.4, 0.5) is 4.79 Å². The Morgan fingerprint density at radius 2 is 1.83 bits per heavy atom. The smallest absolute Gasteiger partial charge is 0.407 e. The van der Waals surface area contributed by atoms with Crippen LogP contribution in [0.2, 0.25) is 18.1 Å². The van der Waals surface area contributed by atoms with Crippen molar-refractivity contribution in [2.24, 2.45) is 0 Å². The molecular weight excluding hydrogens is 326 g/mol. The van der Waals surface area contributed by atoms with Crippen LogP contribution < -0.4 is 5.32 Å². The first kappa shape index (κ1) is 21.4. The Morgan fingerprint density at radius 1 is 1.25 bits per heavy atom. The Kier molecular flexibility index (Phi) is 6.89. The van der Waals surface area contributed by atoms with Crippen LogP contribution in [-0.4, -0.2) is 56.6 Å². The van der Waals surface area contributed by atoms with Gasteiger partial charge in [0.05, 0.1) is 25.4 Å². The third-order valence-corrected chi connectivity index (χ3v) is 9.10. The second-order valence-corrected chi connectivity index (χ2v) is 13.9. The summed E-state index contributed by atoms with van der Waals surface area (Å²) in [7, 11) is -1.87. The van der Waals surface area contributed by atoms with Crippen LogP contribution in [0.25, 0.3) is 0 Å². The molecule has 6 nitrogen and oxygen atoms in total. The highest BCUT2D eigenvalue weighted by atomic mass is 28.4. The minimum Gasteiger partial charge on any atom is -0.444 e. The third-order valence-electron chi connectivity index (χ3n) is 4.60. The van der Waals surface area contributed by atoms with Gasteiger partial charge in [-0.2, -0.15) is 0 Å². The number of amides is 1. The molecule has 1 heterocycles. The molecule has 0 aromatic heterocycles. The van der Waals surface area contributed by atoms with Gasteiger partial charge in [0.2, 0.25) is 0 Å². The Labute approximate surface area is 147 Å². The average molecular weight is 362 g/mol. The molecule has 0 bridgehead atoms. The summed E-state index contributed by atoms with van der Waals surface area (Å²) in [5, 5.41) is 13.2. The van der Waals surface area contributed by atoms with Gasteiger partial charge in [0.25, 0.3) is 0 Å². The van der Waals surface area contributed by atoms with E-state index in [1.807, 2.05) is 20.8 Å². The predicted octanol–water partition coefficient (Wildman–Crippen LogP) is 3.05. The van der Waals surface area contributed by atoms with Gasteiger partial charge in [-0.05, 0) is 45.3 Å². The van der Waals surface area contributed by atoms with Crippen LogP contribution in [0, 0.1) is 0 Å². The molecule has 1 rings (SSSR count). The molecule has 142 valence electrons. The number of carbonyl (C=O) groups excluding carboxylic acids is 1. The molecule has 0 aliphatic carbocycles. The van der Waals surface area contributed by atoms with Gasteiger partial charge in [-0.1, -0.05) is 20.8 Å². The zero-order valence-corrected chi connectivity index (χ0v) is 17.4. The van der Waals surface area contributed by atoms with Gasteiger partial charge in [-0.15, -0.1) is 0 Å². The van der Waals surface area contributed by atoms with Crippen molar-refractivity contribution >= 4 is 14.4 Å². The summed E-state index contributed by atoms with van der Waals surface area (Å²) in [6.45, 7) is 17.1. The van der Waals surface area contributed by atoms with Gasteiger partial charge in [0.15, 0.2) is 8.32 Å². The topological polar surface area (TPSA) is 77.0 Å². The minimum absolute atomic E-state index is 0.118. The molecule has 0 spiro atoms. The quantitative estimate of drug-likeness (QED) is 0.753. The van der Waals surface area contributed by atoms with E-state index in [0.717, 1.165) is 0 Å².